The Bertz CT molecular complexity index is 1040. The molecular weight excluding hydrogens is 422 g/mol. The van der Waals surface area contributed by atoms with Crippen LogP contribution in [0.25, 0.3) is 0 Å². The minimum absolute atomic E-state index is 0.0193. The van der Waals surface area contributed by atoms with Crippen molar-refractivity contribution in [3.63, 3.8) is 0 Å². The molecule has 2 aromatic rings. The SMILES string of the molecule is Cc1ccc(S(=O)(=O)N(C)C)cc1C(=O)OCC(=O)Nc1ccccc1OC(F)F. The van der Waals surface area contributed by atoms with Crippen molar-refractivity contribution in [3.8, 4) is 5.75 Å². The Hall–Kier alpha value is -3.05. The average Bonchev–Trinajstić information content (AvgIpc) is 2.67. The zero-order valence-electron chi connectivity index (χ0n) is 16.4. The van der Waals surface area contributed by atoms with Crippen LogP contribution in [0.4, 0.5) is 14.5 Å². The van der Waals surface area contributed by atoms with Crippen molar-refractivity contribution in [1.29, 1.82) is 0 Å². The third kappa shape index (κ3) is 5.74. The molecule has 0 atom stereocenters. The normalized spacial score (nSPS) is 11.4. The van der Waals surface area contributed by atoms with E-state index in [0.717, 1.165) is 10.4 Å². The van der Waals surface area contributed by atoms with E-state index in [4.69, 9.17) is 4.74 Å². The highest BCUT2D eigenvalue weighted by atomic mass is 32.2. The third-order valence-electron chi connectivity index (χ3n) is 3.92. The van der Waals surface area contributed by atoms with E-state index < -0.39 is 35.1 Å². The van der Waals surface area contributed by atoms with E-state index in [-0.39, 0.29) is 21.9 Å². The van der Waals surface area contributed by atoms with Crippen LogP contribution < -0.4 is 10.1 Å². The Balaban J connectivity index is 2.09. The summed E-state index contributed by atoms with van der Waals surface area (Å²) in [6.45, 7) is -2.21. The third-order valence-corrected chi connectivity index (χ3v) is 5.73. The van der Waals surface area contributed by atoms with E-state index in [1.165, 1.54) is 50.5 Å². The quantitative estimate of drug-likeness (QED) is 0.631. The van der Waals surface area contributed by atoms with Gasteiger partial charge in [0.15, 0.2) is 6.61 Å². The summed E-state index contributed by atoms with van der Waals surface area (Å²) in [6.07, 6.45) is 0. The van der Waals surface area contributed by atoms with Crippen LogP contribution in [0, 0.1) is 6.92 Å². The van der Waals surface area contributed by atoms with Crippen LogP contribution in [-0.4, -0.2) is 51.9 Å². The Kier molecular flexibility index (Phi) is 7.46. The van der Waals surface area contributed by atoms with E-state index in [9.17, 15) is 26.8 Å². The molecule has 0 aliphatic heterocycles. The fraction of sp³-hybridized carbons (Fsp3) is 0.263. The maximum absolute atomic E-state index is 12.4. The summed E-state index contributed by atoms with van der Waals surface area (Å²) in [6, 6.07) is 9.51. The number of amides is 1. The molecule has 0 fully saturated rings. The maximum Gasteiger partial charge on any atom is 0.387 e. The number of aryl methyl sites for hydroxylation is 1. The van der Waals surface area contributed by atoms with Gasteiger partial charge < -0.3 is 14.8 Å². The van der Waals surface area contributed by atoms with Crippen molar-refractivity contribution >= 4 is 27.6 Å². The Morgan fingerprint density at radius 2 is 1.80 bits per heavy atom. The lowest BCUT2D eigenvalue weighted by Crippen LogP contribution is -2.24. The molecule has 1 N–H and O–H groups in total. The number of nitrogens with zero attached hydrogens (tertiary/aromatic N) is 1. The number of hydrogen-bond donors (Lipinski definition) is 1. The summed E-state index contributed by atoms with van der Waals surface area (Å²) in [5, 5.41) is 2.31. The molecule has 0 saturated heterocycles. The summed E-state index contributed by atoms with van der Waals surface area (Å²) < 4.78 is 59.6. The molecular formula is C19H20F2N2O6S. The molecule has 0 aromatic heterocycles. The van der Waals surface area contributed by atoms with Gasteiger partial charge in [-0.05, 0) is 36.8 Å². The Labute approximate surface area is 172 Å². The minimum atomic E-state index is -3.77. The number of carbonyl (C=O) groups excluding carboxylic acids is 2. The van der Waals surface area contributed by atoms with Crippen molar-refractivity contribution in [2.24, 2.45) is 0 Å². The van der Waals surface area contributed by atoms with E-state index in [1.807, 2.05) is 0 Å². The van der Waals surface area contributed by atoms with Gasteiger partial charge in [-0.3, -0.25) is 4.79 Å². The second-order valence-corrected chi connectivity index (χ2v) is 8.41. The zero-order chi connectivity index (χ0) is 22.5. The van der Waals surface area contributed by atoms with Crippen LogP contribution in [0.5, 0.6) is 5.75 Å². The molecule has 0 heterocycles. The second kappa shape index (κ2) is 9.63. The highest BCUT2D eigenvalue weighted by Crippen LogP contribution is 2.25. The molecule has 2 aromatic carbocycles. The minimum Gasteiger partial charge on any atom is -0.452 e. The van der Waals surface area contributed by atoms with E-state index in [2.05, 4.69) is 10.1 Å². The summed E-state index contributed by atoms with van der Waals surface area (Å²) in [5.74, 6) is -1.94. The van der Waals surface area contributed by atoms with E-state index in [0.29, 0.717) is 5.56 Å². The number of anilines is 1. The van der Waals surface area contributed by atoms with Gasteiger partial charge in [0.1, 0.15) is 5.75 Å². The number of carbonyl (C=O) groups is 2. The largest absolute Gasteiger partial charge is 0.452 e. The van der Waals surface area contributed by atoms with Crippen LogP contribution in [0.2, 0.25) is 0 Å². The van der Waals surface area contributed by atoms with Gasteiger partial charge >= 0.3 is 12.6 Å². The lowest BCUT2D eigenvalue weighted by molar-refractivity contribution is -0.119. The van der Waals surface area contributed by atoms with Crippen molar-refractivity contribution < 1.29 is 36.3 Å². The van der Waals surface area contributed by atoms with Gasteiger partial charge in [0.2, 0.25) is 10.0 Å². The average molecular weight is 442 g/mol. The second-order valence-electron chi connectivity index (χ2n) is 6.26. The van der Waals surface area contributed by atoms with Gasteiger partial charge in [-0.15, -0.1) is 0 Å². The molecule has 0 bridgehead atoms. The maximum atomic E-state index is 12.4. The van der Waals surface area contributed by atoms with Gasteiger partial charge in [0, 0.05) is 14.1 Å². The van der Waals surface area contributed by atoms with Gasteiger partial charge in [0.25, 0.3) is 5.91 Å². The molecule has 11 heteroatoms. The molecule has 0 aliphatic carbocycles. The fourth-order valence-electron chi connectivity index (χ4n) is 2.36. The predicted octanol–water partition coefficient (Wildman–Crippen LogP) is 2.64. The van der Waals surface area contributed by atoms with Crippen molar-refractivity contribution in [1.82, 2.24) is 4.31 Å². The van der Waals surface area contributed by atoms with Crippen molar-refractivity contribution in [3.05, 3.63) is 53.6 Å². The van der Waals surface area contributed by atoms with Crippen LogP contribution >= 0.6 is 0 Å². The first kappa shape index (κ1) is 23.2. The molecule has 0 saturated carbocycles. The van der Waals surface area contributed by atoms with Crippen LogP contribution in [0.15, 0.2) is 47.4 Å². The first-order valence-corrected chi connectivity index (χ1v) is 10.0. The van der Waals surface area contributed by atoms with Crippen LogP contribution in [0.3, 0.4) is 0 Å². The number of benzene rings is 2. The number of esters is 1. The van der Waals surface area contributed by atoms with E-state index in [1.54, 1.807) is 6.92 Å². The molecule has 1 amide bonds. The number of alkyl halides is 2. The summed E-state index contributed by atoms with van der Waals surface area (Å²) in [7, 11) is -1.06. The highest BCUT2D eigenvalue weighted by molar-refractivity contribution is 7.89. The number of sulfonamides is 1. The molecule has 0 aliphatic rings. The monoisotopic (exact) mass is 442 g/mol. The molecule has 8 nitrogen and oxygen atoms in total. The summed E-state index contributed by atoms with van der Waals surface area (Å²) in [4.78, 5) is 24.3. The first-order valence-electron chi connectivity index (χ1n) is 8.56. The van der Waals surface area contributed by atoms with Crippen LogP contribution in [-0.2, 0) is 19.6 Å². The topological polar surface area (TPSA) is 102 Å². The van der Waals surface area contributed by atoms with Gasteiger partial charge in [-0.25, -0.2) is 17.5 Å². The highest BCUT2D eigenvalue weighted by Gasteiger charge is 2.21. The van der Waals surface area contributed by atoms with Gasteiger partial charge in [0.05, 0.1) is 16.1 Å². The molecule has 0 unspecified atom stereocenters. The first-order chi connectivity index (χ1) is 14.0. The molecule has 2 rings (SSSR count). The molecule has 30 heavy (non-hydrogen) atoms. The van der Waals surface area contributed by atoms with Crippen LogP contribution in [0.1, 0.15) is 15.9 Å². The van der Waals surface area contributed by atoms with Gasteiger partial charge in [-0.2, -0.15) is 8.78 Å². The van der Waals surface area contributed by atoms with Crippen molar-refractivity contribution in [2.75, 3.05) is 26.0 Å². The Morgan fingerprint density at radius 3 is 2.43 bits per heavy atom. The molecule has 0 radical (unpaired) electrons. The number of rotatable bonds is 8. The summed E-state index contributed by atoms with van der Waals surface area (Å²) in [5.41, 5.74) is 0.412. The number of ether oxygens (including phenoxy) is 2. The summed E-state index contributed by atoms with van der Waals surface area (Å²) >= 11 is 0. The van der Waals surface area contributed by atoms with Gasteiger partial charge in [-0.1, -0.05) is 18.2 Å². The number of halogens is 2. The standard InChI is InChI=1S/C19H20F2N2O6S/c1-12-8-9-13(30(26,27)23(2)3)10-14(12)18(25)28-11-17(24)22-15-6-4-5-7-16(15)29-19(20)21/h4-10,19H,11H2,1-3H3,(H,22,24). The smallest absolute Gasteiger partial charge is 0.387 e. The predicted molar refractivity (Wildman–Crippen MR) is 104 cm³/mol. The lowest BCUT2D eigenvalue weighted by atomic mass is 10.1. The van der Waals surface area contributed by atoms with E-state index >= 15 is 0 Å². The zero-order valence-corrected chi connectivity index (χ0v) is 17.2. The molecule has 162 valence electrons. The lowest BCUT2D eigenvalue weighted by Gasteiger charge is -2.14. The fourth-order valence-corrected chi connectivity index (χ4v) is 3.28. The number of hydrogen-bond acceptors (Lipinski definition) is 6. The molecule has 0 spiro atoms. The number of nitrogens with one attached hydrogen (secondary N) is 1. The van der Waals surface area contributed by atoms with Crippen molar-refractivity contribution in [2.45, 2.75) is 18.4 Å². The Morgan fingerprint density at radius 1 is 1.13 bits per heavy atom. The number of para-hydroxylation sites is 2.